The lowest BCUT2D eigenvalue weighted by molar-refractivity contribution is -0.113. The zero-order valence-corrected chi connectivity index (χ0v) is 6.04. The highest BCUT2D eigenvalue weighted by atomic mass is 16.3. The van der Waals surface area contributed by atoms with Gasteiger partial charge >= 0.3 is 0 Å². The summed E-state index contributed by atoms with van der Waals surface area (Å²) >= 11 is 0. The van der Waals surface area contributed by atoms with Crippen LogP contribution in [0.25, 0.3) is 0 Å². The van der Waals surface area contributed by atoms with Crippen molar-refractivity contribution in [1.82, 2.24) is 0 Å². The van der Waals surface area contributed by atoms with Gasteiger partial charge in [-0.25, -0.2) is 0 Å². The molecule has 1 N–H and O–H groups in total. The second kappa shape index (κ2) is 4.17. The van der Waals surface area contributed by atoms with E-state index in [-0.39, 0.29) is 19.4 Å². The minimum Gasteiger partial charge on any atom is -0.396 e. The molecule has 0 aliphatic rings. The summed E-state index contributed by atoms with van der Waals surface area (Å²) in [6.45, 7) is 1.58. The van der Waals surface area contributed by atoms with Gasteiger partial charge in [0.25, 0.3) is 0 Å². The van der Waals surface area contributed by atoms with E-state index >= 15 is 0 Å². The first kappa shape index (κ1) is 9.30. The molecule has 10 heavy (non-hydrogen) atoms. The summed E-state index contributed by atoms with van der Waals surface area (Å²) in [5.41, 5.74) is -0.538. The van der Waals surface area contributed by atoms with Gasteiger partial charge in [0.15, 0.2) is 0 Å². The fourth-order valence-electron chi connectivity index (χ4n) is 0.615. The summed E-state index contributed by atoms with van der Waals surface area (Å²) < 4.78 is 0. The van der Waals surface area contributed by atoms with Crippen LogP contribution in [-0.4, -0.2) is 24.3 Å². The summed E-state index contributed by atoms with van der Waals surface area (Å²) in [6, 6.07) is 0. The fourth-order valence-corrected chi connectivity index (χ4v) is 0.615. The zero-order chi connectivity index (χ0) is 8.04. The van der Waals surface area contributed by atoms with Crippen molar-refractivity contribution in [3.63, 3.8) is 0 Å². The quantitative estimate of drug-likeness (QED) is 0.559. The third-order valence-corrected chi connectivity index (χ3v) is 1.53. The first-order chi connectivity index (χ1) is 4.68. The van der Waals surface area contributed by atoms with Gasteiger partial charge in [-0.05, 0) is 0 Å². The number of carbonyl (C=O) groups excluding carboxylic acids is 2. The lowest BCUT2D eigenvalue weighted by Crippen LogP contribution is -2.22. The highest BCUT2D eigenvalue weighted by Gasteiger charge is 2.21. The Morgan fingerprint density at radius 3 is 1.90 bits per heavy atom. The largest absolute Gasteiger partial charge is 0.396 e. The van der Waals surface area contributed by atoms with Gasteiger partial charge in [0.1, 0.15) is 12.6 Å². The summed E-state index contributed by atoms with van der Waals surface area (Å²) in [5.74, 6) is 0. The standard InChI is InChI=1S/C7H12O3/c1-7(6-10,2-4-8)3-5-9/h4-5,10H,2-3,6H2,1H3. The van der Waals surface area contributed by atoms with E-state index in [1.54, 1.807) is 6.92 Å². The number of carbonyl (C=O) groups is 2. The molecule has 0 radical (unpaired) electrons. The van der Waals surface area contributed by atoms with Gasteiger partial charge in [0, 0.05) is 24.9 Å². The molecule has 0 spiro atoms. The van der Waals surface area contributed by atoms with Crippen molar-refractivity contribution in [3.8, 4) is 0 Å². The second-order valence-electron chi connectivity index (χ2n) is 2.71. The fraction of sp³-hybridized carbons (Fsp3) is 0.714. The van der Waals surface area contributed by atoms with Crippen molar-refractivity contribution in [1.29, 1.82) is 0 Å². The lowest BCUT2D eigenvalue weighted by atomic mass is 9.85. The number of hydrogen-bond acceptors (Lipinski definition) is 3. The number of aldehydes is 2. The molecule has 3 nitrogen and oxygen atoms in total. The third kappa shape index (κ3) is 2.73. The van der Waals surface area contributed by atoms with Gasteiger partial charge in [-0.1, -0.05) is 6.92 Å². The van der Waals surface area contributed by atoms with E-state index < -0.39 is 5.41 Å². The molecule has 0 aromatic carbocycles. The predicted octanol–water partition coefficient (Wildman–Crippen LogP) is 0.163. The average molecular weight is 144 g/mol. The van der Waals surface area contributed by atoms with Crippen molar-refractivity contribution < 1.29 is 14.7 Å². The number of rotatable bonds is 5. The maximum atomic E-state index is 10.0. The maximum Gasteiger partial charge on any atom is 0.120 e. The summed E-state index contributed by atoms with van der Waals surface area (Å²) in [5, 5.41) is 8.73. The SMILES string of the molecule is CC(CO)(CC=O)CC=O. The molecule has 0 rings (SSSR count). The minimum atomic E-state index is -0.538. The molecule has 0 unspecified atom stereocenters. The van der Waals surface area contributed by atoms with E-state index in [0.717, 1.165) is 12.6 Å². The van der Waals surface area contributed by atoms with Crippen molar-refractivity contribution >= 4 is 12.6 Å². The normalized spacial score (nSPS) is 11.0. The Bertz CT molecular complexity index is 110. The minimum absolute atomic E-state index is 0.121. The highest BCUT2D eigenvalue weighted by Crippen LogP contribution is 2.21. The Kier molecular flexibility index (Phi) is 3.88. The Balaban J connectivity index is 3.92. The molecule has 0 fully saturated rings. The molecule has 3 heteroatoms. The van der Waals surface area contributed by atoms with E-state index in [0.29, 0.717) is 0 Å². The smallest absolute Gasteiger partial charge is 0.120 e. The third-order valence-electron chi connectivity index (χ3n) is 1.53. The monoisotopic (exact) mass is 144 g/mol. The van der Waals surface area contributed by atoms with Crippen LogP contribution in [0, 0.1) is 5.41 Å². The molecular formula is C7H12O3. The summed E-state index contributed by atoms with van der Waals surface area (Å²) in [4.78, 5) is 20.1. The molecular weight excluding hydrogens is 132 g/mol. The molecule has 0 bridgehead atoms. The van der Waals surface area contributed by atoms with Crippen LogP contribution in [-0.2, 0) is 9.59 Å². The molecule has 0 aliphatic heterocycles. The Hall–Kier alpha value is -0.700. The topological polar surface area (TPSA) is 54.4 Å². The van der Waals surface area contributed by atoms with Crippen LogP contribution in [0.5, 0.6) is 0 Å². The van der Waals surface area contributed by atoms with Gasteiger partial charge < -0.3 is 14.7 Å². The molecule has 0 aromatic rings. The predicted molar refractivity (Wildman–Crippen MR) is 36.6 cm³/mol. The number of aliphatic hydroxyl groups is 1. The van der Waals surface area contributed by atoms with E-state index in [9.17, 15) is 9.59 Å². The number of aliphatic hydroxyl groups excluding tert-OH is 1. The molecule has 58 valence electrons. The Labute approximate surface area is 60.0 Å². The van der Waals surface area contributed by atoms with Crippen LogP contribution < -0.4 is 0 Å². The summed E-state index contributed by atoms with van der Waals surface area (Å²) in [7, 11) is 0. The number of hydrogen-bond donors (Lipinski definition) is 1. The van der Waals surface area contributed by atoms with Gasteiger partial charge in [-0.2, -0.15) is 0 Å². The van der Waals surface area contributed by atoms with Gasteiger partial charge in [-0.3, -0.25) is 0 Å². The van der Waals surface area contributed by atoms with Gasteiger partial charge in [-0.15, -0.1) is 0 Å². The van der Waals surface area contributed by atoms with Crippen molar-refractivity contribution in [2.24, 2.45) is 5.41 Å². The van der Waals surface area contributed by atoms with Crippen molar-refractivity contribution in [2.45, 2.75) is 19.8 Å². The van der Waals surface area contributed by atoms with E-state index in [1.807, 2.05) is 0 Å². The molecule has 0 saturated heterocycles. The van der Waals surface area contributed by atoms with E-state index in [1.165, 1.54) is 0 Å². The average Bonchev–Trinajstić information content (AvgIpc) is 1.89. The second-order valence-corrected chi connectivity index (χ2v) is 2.71. The van der Waals surface area contributed by atoms with Crippen molar-refractivity contribution in [2.75, 3.05) is 6.61 Å². The van der Waals surface area contributed by atoms with Crippen LogP contribution in [0.1, 0.15) is 19.8 Å². The molecule has 0 amide bonds. The van der Waals surface area contributed by atoms with Crippen LogP contribution in [0.4, 0.5) is 0 Å². The Morgan fingerprint density at radius 2 is 1.70 bits per heavy atom. The van der Waals surface area contributed by atoms with Crippen LogP contribution in [0.15, 0.2) is 0 Å². The molecule has 0 atom stereocenters. The lowest BCUT2D eigenvalue weighted by Gasteiger charge is -2.20. The molecule has 0 aliphatic carbocycles. The van der Waals surface area contributed by atoms with E-state index in [4.69, 9.17) is 5.11 Å². The Morgan fingerprint density at radius 1 is 1.30 bits per heavy atom. The van der Waals surface area contributed by atoms with Crippen molar-refractivity contribution in [3.05, 3.63) is 0 Å². The zero-order valence-electron chi connectivity index (χ0n) is 6.04. The van der Waals surface area contributed by atoms with Crippen LogP contribution in [0.2, 0.25) is 0 Å². The summed E-state index contributed by atoms with van der Waals surface area (Å²) in [6.07, 6.45) is 1.92. The molecule has 0 saturated carbocycles. The first-order valence-corrected chi connectivity index (χ1v) is 3.16. The first-order valence-electron chi connectivity index (χ1n) is 3.16. The highest BCUT2D eigenvalue weighted by molar-refractivity contribution is 5.55. The van der Waals surface area contributed by atoms with Crippen LogP contribution in [0.3, 0.4) is 0 Å². The van der Waals surface area contributed by atoms with Gasteiger partial charge in [0.05, 0.1) is 0 Å². The maximum absolute atomic E-state index is 10.0. The molecule has 0 heterocycles. The van der Waals surface area contributed by atoms with Crippen LogP contribution >= 0.6 is 0 Å². The molecule has 0 aromatic heterocycles. The van der Waals surface area contributed by atoms with Gasteiger partial charge in [0.2, 0.25) is 0 Å². The van der Waals surface area contributed by atoms with E-state index in [2.05, 4.69) is 0 Å².